The number of carbonyl (C=O) groups excluding carboxylic acids is 2. The van der Waals surface area contributed by atoms with Gasteiger partial charge in [0, 0.05) is 31.8 Å². The SMILES string of the molecule is NC(=O)C1CCN(C(=O)CSc2nnc(CCc3nc4ccccc4s3)o2)CC1. The van der Waals surface area contributed by atoms with Crippen molar-refractivity contribution in [1.82, 2.24) is 20.1 Å². The molecule has 1 aliphatic rings. The Morgan fingerprint density at radius 2 is 2.00 bits per heavy atom. The first-order valence-electron chi connectivity index (χ1n) is 9.45. The topological polar surface area (TPSA) is 115 Å². The number of hydrogen-bond donors (Lipinski definition) is 1. The van der Waals surface area contributed by atoms with Crippen LogP contribution in [0.25, 0.3) is 10.2 Å². The Morgan fingerprint density at radius 3 is 2.76 bits per heavy atom. The van der Waals surface area contributed by atoms with E-state index in [1.165, 1.54) is 16.5 Å². The first kappa shape index (κ1) is 19.8. The van der Waals surface area contributed by atoms with Gasteiger partial charge < -0.3 is 15.1 Å². The molecule has 0 unspecified atom stereocenters. The van der Waals surface area contributed by atoms with Crippen molar-refractivity contribution in [1.29, 1.82) is 0 Å². The molecule has 0 spiro atoms. The van der Waals surface area contributed by atoms with Gasteiger partial charge in [-0.1, -0.05) is 23.9 Å². The number of benzene rings is 1. The molecule has 1 saturated heterocycles. The second-order valence-electron chi connectivity index (χ2n) is 6.88. The summed E-state index contributed by atoms with van der Waals surface area (Å²) in [7, 11) is 0. The monoisotopic (exact) mass is 431 g/mol. The van der Waals surface area contributed by atoms with Crippen LogP contribution in [0.2, 0.25) is 0 Å². The van der Waals surface area contributed by atoms with Crippen LogP contribution in [0.1, 0.15) is 23.7 Å². The predicted octanol–water partition coefficient (Wildman–Crippen LogP) is 2.28. The molecule has 1 aromatic carbocycles. The Hall–Kier alpha value is -2.46. The number of primary amides is 1. The molecule has 0 saturated carbocycles. The highest BCUT2D eigenvalue weighted by atomic mass is 32.2. The van der Waals surface area contributed by atoms with Crippen LogP contribution in [0.5, 0.6) is 0 Å². The molecule has 3 aromatic rings. The predicted molar refractivity (Wildman–Crippen MR) is 111 cm³/mol. The lowest BCUT2D eigenvalue weighted by Crippen LogP contribution is -2.42. The molecule has 10 heteroatoms. The van der Waals surface area contributed by atoms with E-state index in [-0.39, 0.29) is 23.5 Å². The van der Waals surface area contributed by atoms with Crippen LogP contribution in [-0.4, -0.2) is 50.7 Å². The van der Waals surface area contributed by atoms with Gasteiger partial charge in [0.1, 0.15) is 0 Å². The molecule has 0 atom stereocenters. The largest absolute Gasteiger partial charge is 0.416 e. The molecule has 2 amide bonds. The second-order valence-corrected chi connectivity index (χ2v) is 8.92. The van der Waals surface area contributed by atoms with Crippen molar-refractivity contribution in [3.05, 3.63) is 35.2 Å². The van der Waals surface area contributed by atoms with Crippen LogP contribution in [0.4, 0.5) is 0 Å². The second kappa shape index (κ2) is 8.91. The quantitative estimate of drug-likeness (QED) is 0.571. The number of carbonyl (C=O) groups is 2. The third-order valence-electron chi connectivity index (χ3n) is 4.91. The van der Waals surface area contributed by atoms with Crippen molar-refractivity contribution in [3.63, 3.8) is 0 Å². The van der Waals surface area contributed by atoms with Gasteiger partial charge in [0.2, 0.25) is 17.7 Å². The third kappa shape index (κ3) is 4.94. The highest BCUT2D eigenvalue weighted by Crippen LogP contribution is 2.24. The molecule has 0 bridgehead atoms. The fraction of sp³-hybridized carbons (Fsp3) is 0.421. The van der Waals surface area contributed by atoms with E-state index < -0.39 is 0 Å². The lowest BCUT2D eigenvalue weighted by atomic mass is 9.96. The number of nitrogens with zero attached hydrogens (tertiary/aromatic N) is 4. The van der Waals surface area contributed by atoms with Crippen molar-refractivity contribution in [2.75, 3.05) is 18.8 Å². The molecular weight excluding hydrogens is 410 g/mol. The summed E-state index contributed by atoms with van der Waals surface area (Å²) in [5.74, 6) is 0.380. The minimum Gasteiger partial charge on any atom is -0.416 e. The zero-order chi connectivity index (χ0) is 20.2. The van der Waals surface area contributed by atoms with E-state index in [1.807, 2.05) is 18.2 Å². The van der Waals surface area contributed by atoms with Crippen LogP contribution >= 0.6 is 23.1 Å². The van der Waals surface area contributed by atoms with Gasteiger partial charge in [0.15, 0.2) is 0 Å². The summed E-state index contributed by atoms with van der Waals surface area (Å²) in [5, 5.41) is 9.52. The van der Waals surface area contributed by atoms with E-state index in [4.69, 9.17) is 10.2 Å². The van der Waals surface area contributed by atoms with Gasteiger partial charge in [-0.3, -0.25) is 9.59 Å². The molecule has 1 aliphatic heterocycles. The van der Waals surface area contributed by atoms with Crippen LogP contribution in [0, 0.1) is 5.92 Å². The normalized spacial score (nSPS) is 15.1. The molecular formula is C19H21N5O3S2. The fourth-order valence-corrected chi connectivity index (χ4v) is 4.92. The number of aryl methyl sites for hydroxylation is 2. The van der Waals surface area contributed by atoms with E-state index >= 15 is 0 Å². The number of thioether (sulfide) groups is 1. The number of para-hydroxylation sites is 1. The Morgan fingerprint density at radius 1 is 1.21 bits per heavy atom. The number of aromatic nitrogens is 3. The standard InChI is InChI=1S/C19H21N5O3S2/c20-18(26)12-7-9-24(10-8-12)17(25)11-28-19-23-22-15(27-19)5-6-16-21-13-3-1-2-4-14(13)29-16/h1-4,12H,5-11H2,(H2,20,26). The van der Waals surface area contributed by atoms with Crippen LogP contribution in [-0.2, 0) is 22.4 Å². The summed E-state index contributed by atoms with van der Waals surface area (Å²) in [6.07, 6.45) is 2.60. The molecule has 0 aliphatic carbocycles. The smallest absolute Gasteiger partial charge is 0.277 e. The number of likely N-dealkylation sites (tertiary alicyclic amines) is 1. The minimum absolute atomic E-state index is 0.00662. The number of amides is 2. The average molecular weight is 432 g/mol. The van der Waals surface area contributed by atoms with E-state index in [1.54, 1.807) is 16.2 Å². The maximum atomic E-state index is 12.3. The molecule has 8 nitrogen and oxygen atoms in total. The molecule has 4 rings (SSSR count). The molecule has 2 N–H and O–H groups in total. The van der Waals surface area contributed by atoms with Gasteiger partial charge in [0.05, 0.1) is 21.0 Å². The Bertz CT molecular complexity index is 977. The number of piperidine rings is 1. The number of rotatable bonds is 7. The number of thiazole rings is 1. The molecule has 3 heterocycles. The van der Waals surface area contributed by atoms with E-state index in [0.29, 0.717) is 43.5 Å². The zero-order valence-electron chi connectivity index (χ0n) is 15.7. The molecule has 1 fully saturated rings. The lowest BCUT2D eigenvalue weighted by Gasteiger charge is -2.30. The number of fused-ring (bicyclic) bond motifs is 1. The van der Waals surface area contributed by atoms with Crippen molar-refractivity contribution in [2.45, 2.75) is 30.9 Å². The van der Waals surface area contributed by atoms with Crippen molar-refractivity contribution < 1.29 is 14.0 Å². The summed E-state index contributed by atoms with van der Waals surface area (Å²) in [4.78, 5) is 29.9. The van der Waals surface area contributed by atoms with Crippen LogP contribution in [0.3, 0.4) is 0 Å². The summed E-state index contributed by atoms with van der Waals surface area (Å²) in [6.45, 7) is 1.12. The van der Waals surface area contributed by atoms with Gasteiger partial charge >= 0.3 is 0 Å². The Kier molecular flexibility index (Phi) is 6.10. The van der Waals surface area contributed by atoms with Crippen LogP contribution < -0.4 is 5.73 Å². The highest BCUT2D eigenvalue weighted by Gasteiger charge is 2.26. The summed E-state index contributed by atoms with van der Waals surface area (Å²) in [5.41, 5.74) is 6.34. The van der Waals surface area contributed by atoms with Crippen LogP contribution in [0.15, 0.2) is 33.9 Å². The van der Waals surface area contributed by atoms with Gasteiger partial charge in [-0.15, -0.1) is 21.5 Å². The zero-order valence-corrected chi connectivity index (χ0v) is 17.4. The number of hydrogen-bond acceptors (Lipinski definition) is 8. The van der Waals surface area contributed by atoms with Gasteiger partial charge in [0.25, 0.3) is 5.22 Å². The van der Waals surface area contributed by atoms with Crippen molar-refractivity contribution >= 4 is 45.1 Å². The highest BCUT2D eigenvalue weighted by molar-refractivity contribution is 7.99. The summed E-state index contributed by atoms with van der Waals surface area (Å²) in [6, 6.07) is 8.05. The summed E-state index contributed by atoms with van der Waals surface area (Å²) >= 11 is 2.91. The lowest BCUT2D eigenvalue weighted by molar-refractivity contribution is -0.132. The minimum atomic E-state index is -0.282. The molecule has 2 aromatic heterocycles. The maximum absolute atomic E-state index is 12.3. The summed E-state index contributed by atoms with van der Waals surface area (Å²) < 4.78 is 6.82. The Balaban J connectivity index is 1.24. The molecule has 0 radical (unpaired) electrons. The van der Waals surface area contributed by atoms with E-state index in [0.717, 1.165) is 16.9 Å². The fourth-order valence-electron chi connectivity index (χ4n) is 3.27. The van der Waals surface area contributed by atoms with Crippen molar-refractivity contribution in [3.8, 4) is 0 Å². The number of nitrogens with two attached hydrogens (primary N) is 1. The third-order valence-corrected chi connectivity index (χ3v) is 6.81. The first-order chi connectivity index (χ1) is 14.1. The van der Waals surface area contributed by atoms with Gasteiger partial charge in [-0.05, 0) is 25.0 Å². The molecule has 29 heavy (non-hydrogen) atoms. The maximum Gasteiger partial charge on any atom is 0.277 e. The Labute approximate surface area is 175 Å². The molecule has 152 valence electrons. The van der Waals surface area contributed by atoms with Gasteiger partial charge in [-0.2, -0.15) is 0 Å². The van der Waals surface area contributed by atoms with E-state index in [2.05, 4.69) is 21.2 Å². The van der Waals surface area contributed by atoms with Crippen molar-refractivity contribution in [2.24, 2.45) is 11.7 Å². The average Bonchev–Trinajstić information content (AvgIpc) is 3.36. The first-order valence-corrected chi connectivity index (χ1v) is 11.3. The van der Waals surface area contributed by atoms with E-state index in [9.17, 15) is 9.59 Å². The van der Waals surface area contributed by atoms with Gasteiger partial charge in [-0.25, -0.2) is 4.98 Å².